The standard InChI is InChI=1S/C14H17N3OS/c1-17-13-6-2-5-12(11(13)9-15-17)16-14(18)8-10-4-3-7-19-10/h3-4,7,9,12H,2,5-6,8H2,1H3,(H,16,18). The molecule has 2 aromatic rings. The minimum Gasteiger partial charge on any atom is -0.349 e. The van der Waals surface area contributed by atoms with Crippen LogP contribution in [-0.2, 0) is 24.7 Å². The van der Waals surface area contributed by atoms with E-state index in [4.69, 9.17) is 0 Å². The van der Waals surface area contributed by atoms with E-state index in [-0.39, 0.29) is 11.9 Å². The summed E-state index contributed by atoms with van der Waals surface area (Å²) in [7, 11) is 1.97. The summed E-state index contributed by atoms with van der Waals surface area (Å²) in [6.07, 6.45) is 5.54. The van der Waals surface area contributed by atoms with Gasteiger partial charge in [-0.25, -0.2) is 0 Å². The third-order valence-electron chi connectivity index (χ3n) is 3.63. The lowest BCUT2D eigenvalue weighted by Crippen LogP contribution is -2.31. The summed E-state index contributed by atoms with van der Waals surface area (Å²) in [6, 6.07) is 4.11. The number of hydrogen-bond donors (Lipinski definition) is 1. The predicted octanol–water partition coefficient (Wildman–Crippen LogP) is 2.22. The van der Waals surface area contributed by atoms with Crippen LogP contribution in [0.3, 0.4) is 0 Å². The van der Waals surface area contributed by atoms with Crippen LogP contribution in [0, 0.1) is 0 Å². The van der Waals surface area contributed by atoms with Crippen LogP contribution in [0.1, 0.15) is 35.0 Å². The molecule has 0 saturated carbocycles. The summed E-state index contributed by atoms with van der Waals surface area (Å²) in [5.41, 5.74) is 2.45. The van der Waals surface area contributed by atoms with Crippen molar-refractivity contribution in [2.45, 2.75) is 31.7 Å². The first-order valence-corrected chi connectivity index (χ1v) is 7.44. The van der Waals surface area contributed by atoms with Gasteiger partial charge in [-0.1, -0.05) is 6.07 Å². The Balaban J connectivity index is 1.69. The second-order valence-corrected chi connectivity index (χ2v) is 5.97. The summed E-state index contributed by atoms with van der Waals surface area (Å²) < 4.78 is 1.92. The molecule has 0 aliphatic heterocycles. The molecule has 19 heavy (non-hydrogen) atoms. The van der Waals surface area contributed by atoms with E-state index in [0.717, 1.165) is 24.1 Å². The molecule has 3 rings (SSSR count). The smallest absolute Gasteiger partial charge is 0.225 e. The fraction of sp³-hybridized carbons (Fsp3) is 0.429. The zero-order valence-corrected chi connectivity index (χ0v) is 11.7. The van der Waals surface area contributed by atoms with Gasteiger partial charge in [0.15, 0.2) is 0 Å². The van der Waals surface area contributed by atoms with Crippen LogP contribution in [0.15, 0.2) is 23.7 Å². The third-order valence-corrected chi connectivity index (χ3v) is 4.50. The molecule has 5 heteroatoms. The van der Waals surface area contributed by atoms with Gasteiger partial charge in [-0.15, -0.1) is 11.3 Å². The van der Waals surface area contributed by atoms with E-state index in [9.17, 15) is 4.79 Å². The average molecular weight is 275 g/mol. The minimum atomic E-state index is 0.101. The molecule has 4 nitrogen and oxygen atoms in total. The molecule has 1 aliphatic carbocycles. The summed E-state index contributed by atoms with van der Waals surface area (Å²) in [5, 5.41) is 9.44. The van der Waals surface area contributed by atoms with Gasteiger partial charge in [-0.2, -0.15) is 5.10 Å². The molecule has 0 aromatic carbocycles. The third kappa shape index (κ3) is 2.56. The average Bonchev–Trinajstić information content (AvgIpc) is 3.01. The number of carbonyl (C=O) groups excluding carboxylic acids is 1. The van der Waals surface area contributed by atoms with E-state index in [2.05, 4.69) is 10.4 Å². The Bertz CT molecular complexity index is 574. The van der Waals surface area contributed by atoms with Gasteiger partial charge in [0.1, 0.15) is 0 Å². The van der Waals surface area contributed by atoms with Crippen molar-refractivity contribution >= 4 is 17.2 Å². The molecule has 2 heterocycles. The van der Waals surface area contributed by atoms with E-state index < -0.39 is 0 Å². The number of aromatic nitrogens is 2. The fourth-order valence-corrected chi connectivity index (χ4v) is 3.38. The highest BCUT2D eigenvalue weighted by molar-refractivity contribution is 7.10. The number of aryl methyl sites for hydroxylation is 1. The van der Waals surface area contributed by atoms with E-state index in [0.29, 0.717) is 6.42 Å². The number of nitrogens with zero attached hydrogens (tertiary/aromatic N) is 2. The Morgan fingerprint density at radius 1 is 1.63 bits per heavy atom. The van der Waals surface area contributed by atoms with Crippen molar-refractivity contribution in [1.82, 2.24) is 15.1 Å². The van der Waals surface area contributed by atoms with Crippen LogP contribution < -0.4 is 5.32 Å². The Morgan fingerprint density at radius 2 is 2.53 bits per heavy atom. The molecular formula is C14H17N3OS. The largest absolute Gasteiger partial charge is 0.349 e. The maximum Gasteiger partial charge on any atom is 0.225 e. The van der Waals surface area contributed by atoms with Gasteiger partial charge in [-0.05, 0) is 30.7 Å². The highest BCUT2D eigenvalue weighted by atomic mass is 32.1. The number of amides is 1. The van der Waals surface area contributed by atoms with Crippen molar-refractivity contribution < 1.29 is 4.79 Å². The molecule has 0 fully saturated rings. The number of carbonyl (C=O) groups is 1. The maximum atomic E-state index is 12.1. The Labute approximate surface area is 116 Å². The van der Waals surface area contributed by atoms with E-state index in [1.807, 2.05) is 35.4 Å². The normalized spacial score (nSPS) is 18.1. The first kappa shape index (κ1) is 12.4. The van der Waals surface area contributed by atoms with Crippen molar-refractivity contribution in [2.75, 3.05) is 0 Å². The van der Waals surface area contributed by atoms with Crippen LogP contribution in [-0.4, -0.2) is 15.7 Å². The molecule has 1 aliphatic rings. The molecule has 0 radical (unpaired) electrons. The lowest BCUT2D eigenvalue weighted by Gasteiger charge is -2.23. The van der Waals surface area contributed by atoms with Crippen molar-refractivity contribution in [3.05, 3.63) is 39.8 Å². The van der Waals surface area contributed by atoms with Crippen molar-refractivity contribution in [1.29, 1.82) is 0 Å². The molecule has 0 bridgehead atoms. The number of rotatable bonds is 3. The Hall–Kier alpha value is -1.62. The molecule has 1 amide bonds. The van der Waals surface area contributed by atoms with Gasteiger partial charge in [0, 0.05) is 23.2 Å². The van der Waals surface area contributed by atoms with Gasteiger partial charge < -0.3 is 5.32 Å². The van der Waals surface area contributed by atoms with Gasteiger partial charge >= 0.3 is 0 Å². The van der Waals surface area contributed by atoms with Crippen molar-refractivity contribution in [2.24, 2.45) is 7.05 Å². The van der Waals surface area contributed by atoms with Crippen molar-refractivity contribution in [3.8, 4) is 0 Å². The summed E-state index contributed by atoms with van der Waals surface area (Å²) in [5.74, 6) is 0.101. The number of hydrogen-bond acceptors (Lipinski definition) is 3. The molecule has 0 saturated heterocycles. The molecule has 2 aromatic heterocycles. The first-order valence-electron chi connectivity index (χ1n) is 6.56. The number of fused-ring (bicyclic) bond motifs is 1. The molecule has 1 unspecified atom stereocenters. The van der Waals surface area contributed by atoms with Crippen molar-refractivity contribution in [3.63, 3.8) is 0 Å². The molecule has 0 spiro atoms. The topological polar surface area (TPSA) is 46.9 Å². The molecule has 1 atom stereocenters. The Morgan fingerprint density at radius 3 is 3.32 bits per heavy atom. The van der Waals surface area contributed by atoms with Gasteiger partial charge in [0.2, 0.25) is 5.91 Å². The SMILES string of the molecule is Cn1ncc2c1CCCC2NC(=O)Cc1cccs1. The number of thiophene rings is 1. The lowest BCUT2D eigenvalue weighted by atomic mass is 9.93. The van der Waals surface area contributed by atoms with Crippen LogP contribution in [0.4, 0.5) is 0 Å². The molecular weight excluding hydrogens is 258 g/mol. The van der Waals surface area contributed by atoms with E-state index in [1.165, 1.54) is 11.3 Å². The predicted molar refractivity (Wildman–Crippen MR) is 75.1 cm³/mol. The summed E-state index contributed by atoms with van der Waals surface area (Å²) in [6.45, 7) is 0. The Kier molecular flexibility index (Phi) is 3.38. The van der Waals surface area contributed by atoms with Crippen LogP contribution in [0.5, 0.6) is 0 Å². The molecule has 1 N–H and O–H groups in total. The fourth-order valence-electron chi connectivity index (χ4n) is 2.67. The first-order chi connectivity index (χ1) is 9.24. The van der Waals surface area contributed by atoms with E-state index in [1.54, 1.807) is 11.3 Å². The van der Waals surface area contributed by atoms with Gasteiger partial charge in [0.25, 0.3) is 0 Å². The maximum absolute atomic E-state index is 12.1. The minimum absolute atomic E-state index is 0.101. The summed E-state index contributed by atoms with van der Waals surface area (Å²) >= 11 is 1.63. The lowest BCUT2D eigenvalue weighted by molar-refractivity contribution is -0.121. The van der Waals surface area contributed by atoms with Gasteiger partial charge in [0.05, 0.1) is 18.7 Å². The highest BCUT2D eigenvalue weighted by Gasteiger charge is 2.24. The van der Waals surface area contributed by atoms with Gasteiger partial charge in [-0.3, -0.25) is 9.48 Å². The molecule has 100 valence electrons. The zero-order chi connectivity index (χ0) is 13.2. The number of nitrogens with one attached hydrogen (secondary N) is 1. The monoisotopic (exact) mass is 275 g/mol. The quantitative estimate of drug-likeness (QED) is 0.933. The second kappa shape index (κ2) is 5.17. The van der Waals surface area contributed by atoms with Crippen LogP contribution in [0.25, 0.3) is 0 Å². The van der Waals surface area contributed by atoms with Crippen LogP contribution in [0.2, 0.25) is 0 Å². The summed E-state index contributed by atoms with van der Waals surface area (Å²) in [4.78, 5) is 13.2. The zero-order valence-electron chi connectivity index (χ0n) is 10.9. The van der Waals surface area contributed by atoms with Crippen LogP contribution >= 0.6 is 11.3 Å². The second-order valence-electron chi connectivity index (χ2n) is 4.94. The highest BCUT2D eigenvalue weighted by Crippen LogP contribution is 2.29. The van der Waals surface area contributed by atoms with E-state index >= 15 is 0 Å².